The van der Waals surface area contributed by atoms with Crippen LogP contribution in [-0.2, 0) is 14.3 Å². The molecule has 0 heterocycles. The Balaban J connectivity index is 3.40. The summed E-state index contributed by atoms with van der Waals surface area (Å²) < 4.78 is 5.49. The third kappa shape index (κ3) is 57.6. The molecule has 426 valence electrons. The molecule has 0 aliphatic carbocycles. The zero-order valence-electron chi connectivity index (χ0n) is 48.7. The number of nitrogens with one attached hydrogen (secondary N) is 1. The Morgan fingerprint density at radius 2 is 0.694 bits per heavy atom. The summed E-state index contributed by atoms with van der Waals surface area (Å²) in [5.41, 5.74) is 0. The second kappa shape index (κ2) is 61.9. The van der Waals surface area contributed by atoms with Crippen molar-refractivity contribution in [2.75, 3.05) is 13.2 Å². The molecule has 72 heavy (non-hydrogen) atoms. The van der Waals surface area contributed by atoms with Gasteiger partial charge >= 0.3 is 5.97 Å². The second-order valence-electron chi connectivity index (χ2n) is 22.5. The molecule has 0 spiro atoms. The first-order valence-electron chi connectivity index (χ1n) is 32.6. The lowest BCUT2D eigenvalue weighted by molar-refractivity contribution is -0.143. The van der Waals surface area contributed by atoms with Gasteiger partial charge in [-0.3, -0.25) is 9.59 Å². The Morgan fingerprint density at radius 3 is 1.07 bits per heavy atom. The first kappa shape index (κ1) is 70.3. The monoisotopic (exact) mass is 1010 g/mol. The molecule has 0 aliphatic heterocycles. The van der Waals surface area contributed by atoms with Gasteiger partial charge < -0.3 is 20.3 Å². The fraction of sp³-hybridized carbons (Fsp3) is 0.909. The number of ether oxygens (including phenoxy) is 1. The summed E-state index contributed by atoms with van der Waals surface area (Å²) in [5, 5.41) is 23.4. The minimum atomic E-state index is -0.668. The molecule has 0 bridgehead atoms. The van der Waals surface area contributed by atoms with Crippen LogP contribution in [0.15, 0.2) is 24.3 Å². The molecule has 0 aliphatic rings. The highest BCUT2D eigenvalue weighted by molar-refractivity contribution is 5.76. The fourth-order valence-corrected chi connectivity index (χ4v) is 10.3. The van der Waals surface area contributed by atoms with E-state index in [1.807, 2.05) is 0 Å². The number of hydrogen-bond donors (Lipinski definition) is 3. The summed E-state index contributed by atoms with van der Waals surface area (Å²) >= 11 is 0. The molecule has 0 fully saturated rings. The van der Waals surface area contributed by atoms with Crippen molar-refractivity contribution in [1.29, 1.82) is 0 Å². The smallest absolute Gasteiger partial charge is 0.305 e. The van der Waals surface area contributed by atoms with Crippen LogP contribution in [0.1, 0.15) is 361 Å². The summed E-state index contributed by atoms with van der Waals surface area (Å²) in [6.07, 6.45) is 76.1. The Bertz CT molecular complexity index is 1120. The summed E-state index contributed by atoms with van der Waals surface area (Å²) in [6.45, 7) is 4.95. The van der Waals surface area contributed by atoms with Gasteiger partial charge in [-0.25, -0.2) is 0 Å². The molecular formula is C66H127NO5. The number of hydrogen-bond acceptors (Lipinski definition) is 5. The molecular weight excluding hydrogens is 887 g/mol. The summed E-state index contributed by atoms with van der Waals surface area (Å²) in [4.78, 5) is 24.6. The van der Waals surface area contributed by atoms with Gasteiger partial charge in [-0.05, 0) is 57.8 Å². The van der Waals surface area contributed by atoms with Gasteiger partial charge in [0.05, 0.1) is 25.4 Å². The number of rotatable bonds is 61. The van der Waals surface area contributed by atoms with Crippen LogP contribution in [0.2, 0.25) is 0 Å². The Hall–Kier alpha value is -1.66. The third-order valence-corrected chi connectivity index (χ3v) is 15.3. The maximum absolute atomic E-state index is 12.5. The van der Waals surface area contributed by atoms with Crippen LogP contribution >= 0.6 is 0 Å². The van der Waals surface area contributed by atoms with Crippen molar-refractivity contribution in [3.8, 4) is 0 Å². The molecule has 0 aromatic rings. The van der Waals surface area contributed by atoms with Crippen molar-refractivity contribution in [3.63, 3.8) is 0 Å². The van der Waals surface area contributed by atoms with Crippen LogP contribution < -0.4 is 5.32 Å². The predicted octanol–water partition coefficient (Wildman–Crippen LogP) is 20.6. The number of carbonyl (C=O) groups is 2. The average Bonchev–Trinajstić information content (AvgIpc) is 3.38. The highest BCUT2D eigenvalue weighted by atomic mass is 16.5. The molecule has 0 aromatic carbocycles. The van der Waals surface area contributed by atoms with E-state index in [1.54, 1.807) is 0 Å². The van der Waals surface area contributed by atoms with Crippen molar-refractivity contribution in [2.45, 2.75) is 373 Å². The quantitative estimate of drug-likeness (QED) is 0.0320. The number of allylic oxidation sites excluding steroid dienone is 4. The third-order valence-electron chi connectivity index (χ3n) is 15.3. The van der Waals surface area contributed by atoms with Crippen LogP contribution in [0.4, 0.5) is 0 Å². The standard InChI is InChI=1S/C66H127NO5/c1-3-5-7-9-11-13-15-17-19-21-23-26-30-34-38-42-46-50-54-58-64(69)63(62-68)67-65(70)59-55-51-47-43-39-35-31-27-24-25-29-33-37-41-45-49-53-57-61-72-66(71)60-56-52-48-44-40-36-32-28-22-20-18-16-14-12-10-8-6-4-2/h14,16,20,22,63-64,68-69H,3-13,15,17-19,21,23-62H2,1-2H3,(H,67,70)/b16-14-,22-20-. The van der Waals surface area contributed by atoms with E-state index >= 15 is 0 Å². The van der Waals surface area contributed by atoms with Crippen LogP contribution in [-0.4, -0.2) is 47.4 Å². The molecule has 3 N–H and O–H groups in total. The highest BCUT2D eigenvalue weighted by Gasteiger charge is 2.20. The van der Waals surface area contributed by atoms with Crippen LogP contribution in [0.25, 0.3) is 0 Å². The van der Waals surface area contributed by atoms with Gasteiger partial charge in [0, 0.05) is 12.8 Å². The number of carbonyl (C=O) groups excluding carboxylic acids is 2. The van der Waals surface area contributed by atoms with Crippen molar-refractivity contribution < 1.29 is 24.5 Å². The zero-order valence-corrected chi connectivity index (χ0v) is 48.7. The molecule has 0 radical (unpaired) electrons. The minimum Gasteiger partial charge on any atom is -0.466 e. The Labute approximate surface area is 450 Å². The largest absolute Gasteiger partial charge is 0.466 e. The van der Waals surface area contributed by atoms with Gasteiger partial charge in [-0.2, -0.15) is 0 Å². The van der Waals surface area contributed by atoms with E-state index < -0.39 is 12.1 Å². The Kier molecular flexibility index (Phi) is 60.5. The summed E-state index contributed by atoms with van der Waals surface area (Å²) in [5.74, 6) is -0.0349. The number of amides is 1. The second-order valence-corrected chi connectivity index (χ2v) is 22.5. The van der Waals surface area contributed by atoms with Crippen molar-refractivity contribution >= 4 is 11.9 Å². The molecule has 2 unspecified atom stereocenters. The van der Waals surface area contributed by atoms with E-state index in [0.717, 1.165) is 51.4 Å². The molecule has 6 nitrogen and oxygen atoms in total. The van der Waals surface area contributed by atoms with Crippen molar-refractivity contribution in [2.24, 2.45) is 0 Å². The maximum atomic E-state index is 12.5. The van der Waals surface area contributed by atoms with Crippen LogP contribution in [0.3, 0.4) is 0 Å². The Morgan fingerprint density at radius 1 is 0.389 bits per heavy atom. The fourth-order valence-electron chi connectivity index (χ4n) is 10.3. The highest BCUT2D eigenvalue weighted by Crippen LogP contribution is 2.18. The van der Waals surface area contributed by atoms with Gasteiger partial charge in [0.2, 0.25) is 5.91 Å². The zero-order chi connectivity index (χ0) is 52.2. The molecule has 0 saturated carbocycles. The predicted molar refractivity (Wildman–Crippen MR) is 315 cm³/mol. The van der Waals surface area contributed by atoms with Crippen LogP contribution in [0.5, 0.6) is 0 Å². The maximum Gasteiger partial charge on any atom is 0.305 e. The van der Waals surface area contributed by atoms with E-state index in [1.165, 1.54) is 276 Å². The summed E-state index contributed by atoms with van der Waals surface area (Å²) in [6, 6.07) is -0.545. The molecule has 2 atom stereocenters. The van der Waals surface area contributed by atoms with Crippen LogP contribution in [0, 0.1) is 0 Å². The lowest BCUT2D eigenvalue weighted by Gasteiger charge is -2.22. The van der Waals surface area contributed by atoms with E-state index in [4.69, 9.17) is 4.74 Å². The number of aliphatic hydroxyl groups excluding tert-OH is 2. The normalized spacial score (nSPS) is 12.7. The number of aliphatic hydroxyl groups is 2. The molecule has 0 rings (SSSR count). The van der Waals surface area contributed by atoms with Crippen molar-refractivity contribution in [3.05, 3.63) is 24.3 Å². The van der Waals surface area contributed by atoms with E-state index in [9.17, 15) is 19.8 Å². The number of unbranched alkanes of at least 4 members (excludes halogenated alkanes) is 46. The van der Waals surface area contributed by atoms with E-state index in [0.29, 0.717) is 25.9 Å². The van der Waals surface area contributed by atoms with E-state index in [-0.39, 0.29) is 18.5 Å². The van der Waals surface area contributed by atoms with Gasteiger partial charge in [0.25, 0.3) is 0 Å². The van der Waals surface area contributed by atoms with Gasteiger partial charge in [-0.15, -0.1) is 0 Å². The van der Waals surface area contributed by atoms with Gasteiger partial charge in [0.15, 0.2) is 0 Å². The lowest BCUT2D eigenvalue weighted by atomic mass is 10.0. The molecule has 0 aromatic heterocycles. The van der Waals surface area contributed by atoms with E-state index in [2.05, 4.69) is 43.5 Å². The SMILES string of the molecule is CCCCCC/C=C\C/C=C\CCCCCCCCCC(=O)OCCCCCCCCCCCCCCCCCCCCC(=O)NC(CO)C(O)CCCCCCCCCCCCCCCCCCCCC. The van der Waals surface area contributed by atoms with Gasteiger partial charge in [-0.1, -0.05) is 314 Å². The first-order valence-corrected chi connectivity index (χ1v) is 32.6. The molecule has 1 amide bonds. The summed E-state index contributed by atoms with van der Waals surface area (Å²) in [7, 11) is 0. The molecule has 6 heteroatoms. The topological polar surface area (TPSA) is 95.9 Å². The molecule has 0 saturated heterocycles. The van der Waals surface area contributed by atoms with Gasteiger partial charge in [0.1, 0.15) is 0 Å². The average molecular weight is 1010 g/mol. The first-order chi connectivity index (χ1) is 35.5. The number of esters is 1. The van der Waals surface area contributed by atoms with Crippen molar-refractivity contribution in [1.82, 2.24) is 5.32 Å². The minimum absolute atomic E-state index is 0.000875. The lowest BCUT2D eigenvalue weighted by Crippen LogP contribution is -2.45.